The summed E-state index contributed by atoms with van der Waals surface area (Å²) in [5.74, 6) is -1.32. The molecule has 390 valence electrons. The van der Waals surface area contributed by atoms with Gasteiger partial charge < -0.3 is 74.1 Å². The van der Waals surface area contributed by atoms with Crippen molar-refractivity contribution in [3.63, 3.8) is 0 Å². The van der Waals surface area contributed by atoms with Crippen molar-refractivity contribution in [3.8, 4) is 0 Å². The molecule has 25 nitrogen and oxygen atoms in total. The van der Waals surface area contributed by atoms with Gasteiger partial charge in [-0.2, -0.15) is 0 Å². The molecule has 0 spiro atoms. The van der Waals surface area contributed by atoms with Gasteiger partial charge in [-0.15, -0.1) is 0 Å². The van der Waals surface area contributed by atoms with Gasteiger partial charge >= 0.3 is 0 Å². The van der Waals surface area contributed by atoms with Gasteiger partial charge in [-0.1, -0.05) is 116 Å². The molecule has 0 bridgehead atoms. The first-order valence-electron chi connectivity index (χ1n) is 22.6. The molecule has 1 saturated heterocycles. The summed E-state index contributed by atoms with van der Waals surface area (Å²) in [4.78, 5) is 96.9. The van der Waals surface area contributed by atoms with Crippen molar-refractivity contribution < 1.29 is 85.6 Å². The molecular formula is C39H66N7O18P3S-4. The Morgan fingerprint density at radius 2 is 1.50 bits per heavy atom. The predicted octanol–water partition coefficient (Wildman–Crippen LogP) is 1.37. The number of hydrogen-bond acceptors (Lipinski definition) is 23. The number of thioether (sulfide) groups is 1. The minimum Gasteiger partial charge on any atom is -0.790 e. The second kappa shape index (κ2) is 29.1. The number of nitrogen functional groups attached to an aromatic ring is 1. The third-order valence-electron chi connectivity index (χ3n) is 10.8. The number of imidazole rings is 1. The quantitative estimate of drug-likeness (QED) is 0.0419. The molecule has 0 aromatic carbocycles. The Hall–Kier alpha value is -2.48. The zero-order chi connectivity index (χ0) is 50.5. The first-order valence-corrected chi connectivity index (χ1v) is 28.0. The van der Waals surface area contributed by atoms with Crippen LogP contribution < -0.4 is 35.9 Å². The topological polar surface area (TPSA) is 395 Å². The van der Waals surface area contributed by atoms with Crippen LogP contribution in [0.2, 0.25) is 0 Å². The number of anilines is 1. The molecule has 2 aromatic heterocycles. The SMILES string of the molecule is CCCCCCCCCCCCCCC[C@@H](O)CC(=O)SCCNC(=O)CCNC(=O)[C@H](O)C(C)(C)COP(=O)([O-])OP(=O)([O-])OC[C@H]1O[C@@H](n2cnc3c(N)ncnc32)[C@H](O)[C@@H]1OP(=O)([O-])[O-]. The Labute approximate surface area is 399 Å². The van der Waals surface area contributed by atoms with Crippen LogP contribution in [0.15, 0.2) is 12.7 Å². The molecule has 0 saturated carbocycles. The van der Waals surface area contributed by atoms with Crippen LogP contribution in [0.25, 0.3) is 11.2 Å². The van der Waals surface area contributed by atoms with Crippen molar-refractivity contribution in [3.05, 3.63) is 12.7 Å². The van der Waals surface area contributed by atoms with E-state index in [1.165, 1.54) is 78.1 Å². The highest BCUT2D eigenvalue weighted by molar-refractivity contribution is 8.13. The smallest absolute Gasteiger partial charge is 0.274 e. The minimum atomic E-state index is -5.93. The number of carbonyl (C=O) groups is 3. The molecule has 29 heteroatoms. The molecule has 8 atom stereocenters. The van der Waals surface area contributed by atoms with Gasteiger partial charge in [-0.25, -0.2) is 19.3 Å². The van der Waals surface area contributed by atoms with Crippen LogP contribution >= 0.6 is 35.2 Å². The summed E-state index contributed by atoms with van der Waals surface area (Å²) in [6, 6.07) is 0. The van der Waals surface area contributed by atoms with E-state index in [1.54, 1.807) is 0 Å². The first kappa shape index (κ1) is 59.8. The zero-order valence-corrected chi connectivity index (χ0v) is 42.0. The van der Waals surface area contributed by atoms with Crippen molar-refractivity contribution in [2.45, 2.75) is 160 Å². The van der Waals surface area contributed by atoms with Gasteiger partial charge in [0.1, 0.15) is 36.3 Å². The van der Waals surface area contributed by atoms with E-state index in [9.17, 15) is 63.0 Å². The Bertz CT molecular complexity index is 2030. The van der Waals surface area contributed by atoms with Gasteiger partial charge in [0.25, 0.3) is 15.6 Å². The van der Waals surface area contributed by atoms with E-state index in [0.717, 1.165) is 48.2 Å². The molecule has 68 heavy (non-hydrogen) atoms. The summed E-state index contributed by atoms with van der Waals surface area (Å²) in [5.41, 5.74) is 4.06. The monoisotopic (exact) mass is 1050 g/mol. The van der Waals surface area contributed by atoms with Gasteiger partial charge in [0.15, 0.2) is 22.8 Å². The number of nitrogens with zero attached hydrogens (tertiary/aromatic N) is 4. The van der Waals surface area contributed by atoms with Crippen LogP contribution in [0.5, 0.6) is 0 Å². The third-order valence-corrected chi connectivity index (χ3v) is 14.7. The molecule has 3 heterocycles. The van der Waals surface area contributed by atoms with Gasteiger partial charge in [-0.3, -0.25) is 28.1 Å². The lowest BCUT2D eigenvalue weighted by molar-refractivity contribution is -0.347. The molecule has 2 aromatic rings. The number of aliphatic hydroxyl groups is 3. The van der Waals surface area contributed by atoms with E-state index in [4.69, 9.17) is 10.5 Å². The summed E-state index contributed by atoms with van der Waals surface area (Å²) < 4.78 is 60.8. The van der Waals surface area contributed by atoms with Crippen molar-refractivity contribution >= 4 is 69.1 Å². The van der Waals surface area contributed by atoms with Crippen LogP contribution in [0, 0.1) is 5.41 Å². The van der Waals surface area contributed by atoms with E-state index in [0.29, 0.717) is 6.42 Å². The van der Waals surface area contributed by atoms with E-state index >= 15 is 0 Å². The molecule has 1 aliphatic heterocycles. The van der Waals surface area contributed by atoms with Crippen molar-refractivity contribution in [2.24, 2.45) is 5.41 Å². The second-order valence-electron chi connectivity index (χ2n) is 17.1. The van der Waals surface area contributed by atoms with Gasteiger partial charge in [-0.05, 0) is 6.42 Å². The molecule has 2 amide bonds. The summed E-state index contributed by atoms with van der Waals surface area (Å²) in [5, 5.41) is 36.4. The molecule has 0 radical (unpaired) electrons. The van der Waals surface area contributed by atoms with Gasteiger partial charge in [0.05, 0.1) is 33.5 Å². The van der Waals surface area contributed by atoms with E-state index in [-0.39, 0.29) is 53.8 Å². The van der Waals surface area contributed by atoms with Crippen LogP contribution in [-0.2, 0) is 50.7 Å². The number of aliphatic hydroxyl groups excluding tert-OH is 3. The molecule has 3 rings (SSSR count). The van der Waals surface area contributed by atoms with Crippen LogP contribution in [0.4, 0.5) is 5.82 Å². The van der Waals surface area contributed by atoms with Crippen LogP contribution in [0.3, 0.4) is 0 Å². The molecule has 1 aliphatic rings. The minimum absolute atomic E-state index is 0.0171. The summed E-state index contributed by atoms with van der Waals surface area (Å²) in [7, 11) is -17.6. The maximum atomic E-state index is 12.6. The van der Waals surface area contributed by atoms with Crippen molar-refractivity contribution in [2.75, 3.05) is 37.8 Å². The average molecular weight is 1050 g/mol. The Morgan fingerprint density at radius 1 is 0.897 bits per heavy atom. The lowest BCUT2D eigenvalue weighted by atomic mass is 9.87. The van der Waals surface area contributed by atoms with Gasteiger partial charge in [0, 0.05) is 37.1 Å². The number of unbranched alkanes of at least 4 members (excludes halogenated alkanes) is 12. The van der Waals surface area contributed by atoms with E-state index in [2.05, 4.69) is 50.4 Å². The fourth-order valence-electron chi connectivity index (χ4n) is 7.02. The van der Waals surface area contributed by atoms with Crippen molar-refractivity contribution in [1.82, 2.24) is 30.2 Å². The maximum absolute atomic E-state index is 12.6. The number of ether oxygens (including phenoxy) is 1. The standard InChI is InChI=1S/C39H70N7O18P3S/c1-4-5-6-7-8-9-10-11-12-13-14-15-16-17-27(47)22-30(49)68-21-20-41-29(48)18-19-42-37(52)34(51)39(2,3)24-61-67(58,59)64-66(56,57)60-23-28-33(63-65(53,54)55)32(50)38(62-28)46-26-45-31-35(40)43-25-44-36(31)46/h25-28,32-34,38,47,50-51H,4-24H2,1-3H3,(H,41,48)(H,42,52)(H,56,57)(H,58,59)(H2,40,43,44)(H2,53,54,55)/p-4/t27-,28-,32-,33-,34+,38-/m1/s1. The number of fused-ring (bicyclic) bond motifs is 1. The highest BCUT2D eigenvalue weighted by Gasteiger charge is 2.47. The summed E-state index contributed by atoms with van der Waals surface area (Å²) in [6.07, 6.45) is 8.05. The Morgan fingerprint density at radius 3 is 2.12 bits per heavy atom. The largest absolute Gasteiger partial charge is 0.790 e. The summed E-state index contributed by atoms with van der Waals surface area (Å²) >= 11 is 0.989. The van der Waals surface area contributed by atoms with Crippen molar-refractivity contribution in [1.29, 1.82) is 0 Å². The lowest BCUT2D eigenvalue weighted by Gasteiger charge is -2.36. The number of amides is 2. The fourth-order valence-corrected chi connectivity index (χ4v) is 10.5. The maximum Gasteiger partial charge on any atom is 0.274 e. The predicted molar refractivity (Wildman–Crippen MR) is 239 cm³/mol. The number of nitrogens with one attached hydrogen (secondary N) is 2. The van der Waals surface area contributed by atoms with Gasteiger partial charge in [0.2, 0.25) is 11.8 Å². The number of nitrogens with two attached hydrogens (primary N) is 1. The fraction of sp³-hybridized carbons (Fsp3) is 0.795. The zero-order valence-electron chi connectivity index (χ0n) is 38.5. The molecular weight excluding hydrogens is 979 g/mol. The number of phosphoric acid groups is 3. The highest BCUT2D eigenvalue weighted by atomic mass is 32.2. The normalized spacial score (nSPS) is 20.4. The summed E-state index contributed by atoms with van der Waals surface area (Å²) in [6.45, 7) is 2.23. The van der Waals surface area contributed by atoms with E-state index < -0.39 is 90.7 Å². The third kappa shape index (κ3) is 21.9. The average Bonchev–Trinajstić information content (AvgIpc) is 3.82. The molecule has 2 unspecified atom stereocenters. The molecule has 7 N–H and O–H groups in total. The van der Waals surface area contributed by atoms with Crippen LogP contribution in [0.1, 0.15) is 130 Å². The number of aromatic nitrogens is 4. The number of carbonyl (C=O) groups excluding carboxylic acids is 3. The molecule has 1 fully saturated rings. The van der Waals surface area contributed by atoms with E-state index in [1.807, 2.05) is 0 Å². The number of phosphoric ester groups is 3. The number of hydrogen-bond donors (Lipinski definition) is 6. The number of rotatable bonds is 35. The highest BCUT2D eigenvalue weighted by Crippen LogP contribution is 2.56. The first-order chi connectivity index (χ1) is 31.9. The Balaban J connectivity index is 1.31. The lowest BCUT2D eigenvalue weighted by Crippen LogP contribution is -2.46. The van der Waals surface area contributed by atoms with Crippen LogP contribution in [-0.4, -0.2) is 114 Å². The Kier molecular flexibility index (Phi) is 25.6. The molecule has 0 aliphatic carbocycles. The second-order valence-corrected chi connectivity index (χ2v) is 22.3.